The number of hydrazine groups is 1. The van der Waals surface area contributed by atoms with Gasteiger partial charge >= 0.3 is 0 Å². The quantitative estimate of drug-likeness (QED) is 0.497. The van der Waals surface area contributed by atoms with E-state index in [-0.39, 0.29) is 17.7 Å². The number of carbonyl (C=O) groups is 2. The zero-order valence-electron chi connectivity index (χ0n) is 16.1. The Balaban J connectivity index is 1.43. The molecule has 0 fully saturated rings. The molecule has 0 saturated heterocycles. The summed E-state index contributed by atoms with van der Waals surface area (Å²) in [6, 6.07) is 16.2. The third kappa shape index (κ3) is 3.81. The Kier molecular flexibility index (Phi) is 5.08. The van der Waals surface area contributed by atoms with Gasteiger partial charge in [0.15, 0.2) is 5.69 Å². The fourth-order valence-electron chi connectivity index (χ4n) is 3.06. The van der Waals surface area contributed by atoms with Gasteiger partial charge in [-0.1, -0.05) is 36.4 Å². The Hall–Kier alpha value is -4.27. The summed E-state index contributed by atoms with van der Waals surface area (Å²) in [4.78, 5) is 37.0. The fraction of sp³-hybridized carbons (Fsp3) is 0.0952. The van der Waals surface area contributed by atoms with Crippen molar-refractivity contribution in [1.29, 1.82) is 0 Å². The summed E-state index contributed by atoms with van der Waals surface area (Å²) in [6.45, 7) is 0. The minimum absolute atomic E-state index is 0.0363. The van der Waals surface area contributed by atoms with Crippen molar-refractivity contribution in [3.8, 4) is 5.69 Å². The second-order valence-electron chi connectivity index (χ2n) is 6.63. The molecule has 0 saturated carbocycles. The lowest BCUT2D eigenvalue weighted by Crippen LogP contribution is -2.43. The highest BCUT2D eigenvalue weighted by molar-refractivity contribution is 6.05. The molecular formula is C21H18N6O3. The van der Waals surface area contributed by atoms with E-state index in [1.807, 2.05) is 30.3 Å². The van der Waals surface area contributed by atoms with Crippen LogP contribution in [0.5, 0.6) is 0 Å². The largest absolute Gasteiger partial charge is 0.290 e. The van der Waals surface area contributed by atoms with E-state index in [1.54, 1.807) is 41.3 Å². The van der Waals surface area contributed by atoms with Crippen molar-refractivity contribution in [3.63, 3.8) is 0 Å². The number of benzene rings is 2. The van der Waals surface area contributed by atoms with E-state index in [4.69, 9.17) is 0 Å². The van der Waals surface area contributed by atoms with Gasteiger partial charge in [0.05, 0.1) is 23.7 Å². The fourth-order valence-corrected chi connectivity index (χ4v) is 3.06. The van der Waals surface area contributed by atoms with E-state index < -0.39 is 11.8 Å². The van der Waals surface area contributed by atoms with Crippen LogP contribution in [0.15, 0.2) is 71.8 Å². The monoisotopic (exact) mass is 402 g/mol. The second kappa shape index (κ2) is 8.00. The zero-order chi connectivity index (χ0) is 21.1. The van der Waals surface area contributed by atoms with Crippen LogP contribution < -0.4 is 16.4 Å². The molecule has 2 aromatic carbocycles. The maximum Gasteiger partial charge on any atom is 0.290 e. The van der Waals surface area contributed by atoms with E-state index in [1.165, 1.54) is 7.05 Å². The Labute approximate surface area is 170 Å². The summed E-state index contributed by atoms with van der Waals surface area (Å²) in [5.74, 6) is -1.03. The molecule has 0 unspecified atom stereocenters. The molecule has 0 bridgehead atoms. The maximum atomic E-state index is 12.5. The highest BCUT2D eigenvalue weighted by atomic mass is 16.2. The highest BCUT2D eigenvalue weighted by Gasteiger charge is 2.16. The summed E-state index contributed by atoms with van der Waals surface area (Å²) in [6.07, 6.45) is 3.38. The molecule has 0 aliphatic heterocycles. The summed E-state index contributed by atoms with van der Waals surface area (Å²) in [5.41, 5.74) is 6.04. The van der Waals surface area contributed by atoms with E-state index in [0.717, 1.165) is 10.4 Å². The normalized spacial score (nSPS) is 10.7. The minimum Gasteiger partial charge on any atom is -0.273 e. The van der Waals surface area contributed by atoms with Crippen LogP contribution >= 0.6 is 0 Å². The van der Waals surface area contributed by atoms with Gasteiger partial charge in [0.2, 0.25) is 5.91 Å². The maximum absolute atomic E-state index is 12.5. The molecular weight excluding hydrogens is 384 g/mol. The molecule has 0 aliphatic rings. The Morgan fingerprint density at radius 3 is 2.43 bits per heavy atom. The number of hydrogen-bond acceptors (Lipinski definition) is 5. The van der Waals surface area contributed by atoms with Gasteiger partial charge in [-0.15, -0.1) is 0 Å². The lowest BCUT2D eigenvalue weighted by atomic mass is 10.1. The summed E-state index contributed by atoms with van der Waals surface area (Å²) < 4.78 is 2.76. The molecule has 2 amide bonds. The first-order valence-corrected chi connectivity index (χ1v) is 9.17. The predicted octanol–water partition coefficient (Wildman–Crippen LogP) is 1.12. The molecule has 9 nitrogen and oxygen atoms in total. The first kappa shape index (κ1) is 19.1. The number of hydrogen-bond donors (Lipinski definition) is 2. The van der Waals surface area contributed by atoms with E-state index in [0.29, 0.717) is 16.3 Å². The Morgan fingerprint density at radius 2 is 1.67 bits per heavy atom. The van der Waals surface area contributed by atoms with Gasteiger partial charge in [-0.2, -0.15) is 10.2 Å². The number of aryl methyl sites for hydroxylation is 1. The molecule has 2 aromatic heterocycles. The first-order chi connectivity index (χ1) is 14.5. The highest BCUT2D eigenvalue weighted by Crippen LogP contribution is 2.12. The van der Waals surface area contributed by atoms with Crippen molar-refractivity contribution in [2.75, 3.05) is 0 Å². The first-order valence-electron chi connectivity index (χ1n) is 9.17. The van der Waals surface area contributed by atoms with Crippen LogP contribution in [0.4, 0.5) is 0 Å². The molecule has 0 atom stereocenters. The smallest absolute Gasteiger partial charge is 0.273 e. The third-order valence-corrected chi connectivity index (χ3v) is 4.51. The summed E-state index contributed by atoms with van der Waals surface area (Å²) >= 11 is 0. The lowest BCUT2D eigenvalue weighted by Gasteiger charge is -2.09. The molecule has 0 spiro atoms. The van der Waals surface area contributed by atoms with Gasteiger partial charge in [-0.05, 0) is 23.8 Å². The topological polar surface area (TPSA) is 111 Å². The molecule has 4 rings (SSSR count). The number of aromatic nitrogens is 4. The SMILES string of the molecule is Cn1nc(C(=O)NNC(=O)Cc2cnn(-c3ccccc3)c2)c2ccccc2c1=O. The van der Waals surface area contributed by atoms with E-state index >= 15 is 0 Å². The molecule has 9 heteroatoms. The third-order valence-electron chi connectivity index (χ3n) is 4.51. The summed E-state index contributed by atoms with van der Waals surface area (Å²) in [7, 11) is 1.47. The van der Waals surface area contributed by atoms with Crippen LogP contribution in [0.3, 0.4) is 0 Å². The van der Waals surface area contributed by atoms with Crippen LogP contribution in [0.25, 0.3) is 16.5 Å². The van der Waals surface area contributed by atoms with Gasteiger partial charge in [-0.3, -0.25) is 25.2 Å². The van der Waals surface area contributed by atoms with Gasteiger partial charge in [0.25, 0.3) is 11.5 Å². The summed E-state index contributed by atoms with van der Waals surface area (Å²) in [5, 5.41) is 9.06. The van der Waals surface area contributed by atoms with Crippen LogP contribution in [-0.2, 0) is 18.3 Å². The number of fused-ring (bicyclic) bond motifs is 1. The molecule has 0 aliphatic carbocycles. The van der Waals surface area contributed by atoms with Crippen molar-refractivity contribution >= 4 is 22.6 Å². The molecule has 30 heavy (non-hydrogen) atoms. The lowest BCUT2D eigenvalue weighted by molar-refractivity contribution is -0.121. The van der Waals surface area contributed by atoms with Crippen molar-refractivity contribution < 1.29 is 9.59 Å². The number of nitrogens with zero attached hydrogens (tertiary/aromatic N) is 4. The van der Waals surface area contributed by atoms with Crippen molar-refractivity contribution in [3.05, 3.63) is 88.6 Å². The van der Waals surface area contributed by atoms with Gasteiger partial charge < -0.3 is 0 Å². The van der Waals surface area contributed by atoms with Gasteiger partial charge in [-0.25, -0.2) is 9.36 Å². The number of amides is 2. The minimum atomic E-state index is -0.616. The number of para-hydroxylation sites is 1. The van der Waals surface area contributed by atoms with Crippen molar-refractivity contribution in [1.82, 2.24) is 30.4 Å². The second-order valence-corrected chi connectivity index (χ2v) is 6.63. The Morgan fingerprint density at radius 1 is 0.967 bits per heavy atom. The van der Waals surface area contributed by atoms with E-state index in [9.17, 15) is 14.4 Å². The van der Waals surface area contributed by atoms with Crippen LogP contribution in [0.1, 0.15) is 16.1 Å². The zero-order valence-corrected chi connectivity index (χ0v) is 16.1. The van der Waals surface area contributed by atoms with E-state index in [2.05, 4.69) is 21.0 Å². The predicted molar refractivity (Wildman–Crippen MR) is 110 cm³/mol. The average Bonchev–Trinajstić information content (AvgIpc) is 3.23. The van der Waals surface area contributed by atoms with Crippen LogP contribution in [0.2, 0.25) is 0 Å². The van der Waals surface area contributed by atoms with Crippen LogP contribution in [0, 0.1) is 0 Å². The van der Waals surface area contributed by atoms with Gasteiger partial charge in [0, 0.05) is 18.6 Å². The standard InChI is InChI=1S/C21H18N6O3/c1-26-21(30)17-10-6-5-9-16(17)19(25-26)20(29)24-23-18(28)11-14-12-22-27(13-14)15-7-3-2-4-8-15/h2-10,12-13H,11H2,1H3,(H,23,28)(H,24,29). The molecule has 150 valence electrons. The molecule has 0 radical (unpaired) electrons. The number of rotatable bonds is 4. The number of nitrogens with one attached hydrogen (secondary N) is 2. The van der Waals surface area contributed by atoms with Crippen LogP contribution in [-0.4, -0.2) is 31.4 Å². The van der Waals surface area contributed by atoms with Gasteiger partial charge in [0.1, 0.15) is 0 Å². The molecule has 2 N–H and O–H groups in total. The van der Waals surface area contributed by atoms with Crippen molar-refractivity contribution in [2.24, 2.45) is 7.05 Å². The molecule has 4 aromatic rings. The van der Waals surface area contributed by atoms with Crippen molar-refractivity contribution in [2.45, 2.75) is 6.42 Å². The Bertz CT molecular complexity index is 1290. The average molecular weight is 402 g/mol. The molecule has 2 heterocycles. The number of carbonyl (C=O) groups excluding carboxylic acids is 2.